The number of hydrogen-bond acceptors (Lipinski definition) is 8. The molecule has 21 heavy (non-hydrogen) atoms. The van der Waals surface area contributed by atoms with Crippen LogP contribution in [-0.4, -0.2) is 68.8 Å². The zero-order valence-corrected chi connectivity index (χ0v) is 13.2. The lowest BCUT2D eigenvalue weighted by Gasteiger charge is -2.05. The van der Waals surface area contributed by atoms with Gasteiger partial charge in [-0.3, -0.25) is 10.2 Å². The van der Waals surface area contributed by atoms with Crippen molar-refractivity contribution in [3.63, 3.8) is 0 Å². The molecular weight excluding hydrogens is 312 g/mol. The Balaban J connectivity index is 1.31. The molecule has 8 nitrogen and oxygen atoms in total. The molecule has 0 atom stereocenters. The number of aromatic amines is 2. The summed E-state index contributed by atoms with van der Waals surface area (Å²) in [6, 6.07) is 0. The Morgan fingerprint density at radius 2 is 1.67 bits per heavy atom. The molecule has 0 bridgehead atoms. The molecule has 116 valence electrons. The molecule has 2 aromatic heterocycles. The molecule has 2 heterocycles. The molecule has 0 unspecified atom stereocenters. The number of hydrogen-bond donors (Lipinski definition) is 2. The second kappa shape index (κ2) is 10.6. The fourth-order valence-electron chi connectivity index (χ4n) is 1.38. The second-order valence-corrected chi connectivity index (χ2v) is 6.17. The molecule has 10 heteroatoms. The van der Waals surface area contributed by atoms with Gasteiger partial charge in [-0.1, -0.05) is 10.4 Å². The lowest BCUT2D eigenvalue weighted by molar-refractivity contribution is 0.0605. The summed E-state index contributed by atoms with van der Waals surface area (Å²) in [5.74, 6) is 2.70. The van der Waals surface area contributed by atoms with Gasteiger partial charge in [0.1, 0.15) is 5.03 Å². The van der Waals surface area contributed by atoms with Crippen molar-refractivity contribution in [1.82, 2.24) is 30.8 Å². The number of H-pyrrole nitrogens is 2. The predicted octanol–water partition coefficient (Wildman–Crippen LogP) is 0.981. The second-order valence-electron chi connectivity index (χ2n) is 3.93. The van der Waals surface area contributed by atoms with Crippen LogP contribution in [-0.2, 0) is 15.2 Å². The van der Waals surface area contributed by atoms with Crippen molar-refractivity contribution in [2.45, 2.75) is 10.8 Å². The Morgan fingerprint density at radius 3 is 2.38 bits per heavy atom. The van der Waals surface area contributed by atoms with Crippen molar-refractivity contribution in [3.05, 3.63) is 18.1 Å². The Labute approximate surface area is 131 Å². The average molecular weight is 330 g/mol. The van der Waals surface area contributed by atoms with Gasteiger partial charge in [-0.2, -0.15) is 11.8 Å². The third-order valence-corrected chi connectivity index (χ3v) is 4.19. The first-order valence-electron chi connectivity index (χ1n) is 6.52. The van der Waals surface area contributed by atoms with E-state index in [-0.39, 0.29) is 0 Å². The standard InChI is InChI=1S/C11H18N6O2S2/c1(2-19-4-6-21-11-8-13-17-15-11)18-3-5-20-9-10-7-12-16-14-10/h7-8H,1-6,9H2,(H,12,14,16)(H,13,15,17). The minimum atomic E-state index is 0.622. The Bertz CT molecular complexity index is 411. The van der Waals surface area contributed by atoms with Gasteiger partial charge in [-0.25, -0.2) is 0 Å². The molecule has 0 aliphatic carbocycles. The quantitative estimate of drug-likeness (QED) is 0.439. The van der Waals surface area contributed by atoms with Gasteiger partial charge in [-0.15, -0.1) is 22.0 Å². The van der Waals surface area contributed by atoms with Crippen LogP contribution >= 0.6 is 23.5 Å². The van der Waals surface area contributed by atoms with E-state index in [0.717, 1.165) is 34.6 Å². The summed E-state index contributed by atoms with van der Waals surface area (Å²) in [7, 11) is 0. The van der Waals surface area contributed by atoms with E-state index in [1.165, 1.54) is 0 Å². The first-order valence-corrected chi connectivity index (χ1v) is 8.66. The van der Waals surface area contributed by atoms with E-state index >= 15 is 0 Å². The molecule has 0 saturated carbocycles. The van der Waals surface area contributed by atoms with Gasteiger partial charge < -0.3 is 9.47 Å². The van der Waals surface area contributed by atoms with Crippen LogP contribution in [0.2, 0.25) is 0 Å². The molecular formula is C11H18N6O2S2. The van der Waals surface area contributed by atoms with E-state index in [4.69, 9.17) is 9.47 Å². The van der Waals surface area contributed by atoms with Crippen molar-refractivity contribution < 1.29 is 9.47 Å². The van der Waals surface area contributed by atoms with Crippen LogP contribution in [0.15, 0.2) is 17.4 Å². The highest BCUT2D eigenvalue weighted by Crippen LogP contribution is 2.11. The molecule has 2 rings (SSSR count). The van der Waals surface area contributed by atoms with E-state index in [2.05, 4.69) is 30.8 Å². The summed E-state index contributed by atoms with van der Waals surface area (Å²) in [5, 5.41) is 21.3. The molecule has 0 aliphatic heterocycles. The molecule has 2 N–H and O–H groups in total. The first kappa shape index (κ1) is 16.3. The van der Waals surface area contributed by atoms with E-state index < -0.39 is 0 Å². The summed E-state index contributed by atoms with van der Waals surface area (Å²) >= 11 is 3.42. The minimum absolute atomic E-state index is 0.622. The van der Waals surface area contributed by atoms with E-state index in [0.29, 0.717) is 19.8 Å². The maximum atomic E-state index is 5.49. The highest BCUT2D eigenvalue weighted by Gasteiger charge is 1.97. The normalized spacial score (nSPS) is 11.0. The number of ether oxygens (including phenoxy) is 2. The average Bonchev–Trinajstić information content (AvgIpc) is 3.18. The van der Waals surface area contributed by atoms with Gasteiger partial charge >= 0.3 is 0 Å². The van der Waals surface area contributed by atoms with Crippen LogP contribution in [0, 0.1) is 0 Å². The number of aromatic nitrogens is 6. The van der Waals surface area contributed by atoms with Crippen LogP contribution in [0.25, 0.3) is 0 Å². The molecule has 0 saturated heterocycles. The van der Waals surface area contributed by atoms with Crippen LogP contribution in [0.5, 0.6) is 0 Å². The smallest absolute Gasteiger partial charge is 0.111 e. The lowest BCUT2D eigenvalue weighted by Crippen LogP contribution is -2.08. The molecule has 0 aromatic carbocycles. The summed E-state index contributed by atoms with van der Waals surface area (Å²) in [5.41, 5.74) is 1.04. The Hall–Kier alpha value is -1.10. The van der Waals surface area contributed by atoms with Crippen molar-refractivity contribution in [2.75, 3.05) is 37.9 Å². The summed E-state index contributed by atoms with van der Waals surface area (Å²) in [6.45, 7) is 2.66. The van der Waals surface area contributed by atoms with Crippen molar-refractivity contribution in [2.24, 2.45) is 0 Å². The summed E-state index contributed by atoms with van der Waals surface area (Å²) in [4.78, 5) is 0. The fourth-order valence-corrected chi connectivity index (χ4v) is 2.77. The maximum absolute atomic E-state index is 5.49. The summed E-state index contributed by atoms with van der Waals surface area (Å²) < 4.78 is 11.0. The molecule has 0 spiro atoms. The molecule has 0 amide bonds. The zero-order valence-electron chi connectivity index (χ0n) is 11.5. The zero-order chi connectivity index (χ0) is 14.6. The largest absolute Gasteiger partial charge is 0.378 e. The third-order valence-electron chi connectivity index (χ3n) is 2.34. The Kier molecular flexibility index (Phi) is 8.22. The fraction of sp³-hybridized carbons (Fsp3) is 0.636. The number of thioether (sulfide) groups is 2. The van der Waals surface area contributed by atoms with Crippen LogP contribution in [0.3, 0.4) is 0 Å². The highest BCUT2D eigenvalue weighted by atomic mass is 32.2. The minimum Gasteiger partial charge on any atom is -0.378 e. The van der Waals surface area contributed by atoms with Gasteiger partial charge in [-0.05, 0) is 0 Å². The van der Waals surface area contributed by atoms with Crippen molar-refractivity contribution in [3.8, 4) is 0 Å². The van der Waals surface area contributed by atoms with Gasteiger partial charge in [0.05, 0.1) is 44.5 Å². The van der Waals surface area contributed by atoms with Crippen LogP contribution < -0.4 is 0 Å². The van der Waals surface area contributed by atoms with Crippen LogP contribution in [0.4, 0.5) is 0 Å². The first-order chi connectivity index (χ1) is 10.4. The highest BCUT2D eigenvalue weighted by molar-refractivity contribution is 7.99. The molecule has 0 aliphatic rings. The Morgan fingerprint density at radius 1 is 0.905 bits per heavy atom. The lowest BCUT2D eigenvalue weighted by atomic mass is 10.6. The monoisotopic (exact) mass is 330 g/mol. The predicted molar refractivity (Wildman–Crippen MR) is 81.3 cm³/mol. The van der Waals surface area contributed by atoms with Crippen molar-refractivity contribution in [1.29, 1.82) is 0 Å². The number of rotatable bonds is 12. The van der Waals surface area contributed by atoms with Gasteiger partial charge in [0.25, 0.3) is 0 Å². The summed E-state index contributed by atoms with van der Waals surface area (Å²) in [6.07, 6.45) is 3.43. The number of nitrogens with one attached hydrogen (secondary N) is 2. The van der Waals surface area contributed by atoms with Gasteiger partial charge in [0.2, 0.25) is 0 Å². The van der Waals surface area contributed by atoms with E-state index in [1.807, 2.05) is 0 Å². The molecule has 0 radical (unpaired) electrons. The van der Waals surface area contributed by atoms with Crippen LogP contribution in [0.1, 0.15) is 5.69 Å². The van der Waals surface area contributed by atoms with Gasteiger partial charge in [0.15, 0.2) is 0 Å². The molecule has 0 fully saturated rings. The van der Waals surface area contributed by atoms with Crippen molar-refractivity contribution >= 4 is 23.5 Å². The van der Waals surface area contributed by atoms with Gasteiger partial charge in [0, 0.05) is 17.3 Å². The SMILES string of the molecule is c1nn[nH]c1CSCCOCCOCCSc1cnn[nH]1. The number of nitrogens with zero attached hydrogens (tertiary/aromatic N) is 4. The third kappa shape index (κ3) is 7.46. The van der Waals surface area contributed by atoms with E-state index in [9.17, 15) is 0 Å². The topological polar surface area (TPSA) is 102 Å². The maximum Gasteiger partial charge on any atom is 0.111 e. The van der Waals surface area contributed by atoms with E-state index in [1.54, 1.807) is 35.9 Å². The molecule has 2 aromatic rings.